The minimum absolute atomic E-state index is 0.0268. The van der Waals surface area contributed by atoms with Crippen LogP contribution in [0.3, 0.4) is 0 Å². The molecule has 0 aliphatic rings. The Kier molecular flexibility index (Phi) is 9.72. The summed E-state index contributed by atoms with van der Waals surface area (Å²) in [5.74, 6) is -0.139. The zero-order chi connectivity index (χ0) is 26.9. The van der Waals surface area contributed by atoms with E-state index < -0.39 is 6.04 Å². The van der Waals surface area contributed by atoms with E-state index in [9.17, 15) is 9.59 Å². The van der Waals surface area contributed by atoms with E-state index in [2.05, 4.69) is 45.5 Å². The highest BCUT2D eigenvalue weighted by Gasteiger charge is 2.30. The van der Waals surface area contributed by atoms with Crippen LogP contribution < -0.4 is 5.32 Å². The molecule has 4 nitrogen and oxygen atoms in total. The van der Waals surface area contributed by atoms with Crippen molar-refractivity contribution in [3.8, 4) is 0 Å². The van der Waals surface area contributed by atoms with Gasteiger partial charge in [-0.25, -0.2) is 0 Å². The summed E-state index contributed by atoms with van der Waals surface area (Å²) in [4.78, 5) is 29.4. The van der Waals surface area contributed by atoms with E-state index >= 15 is 0 Å². The highest BCUT2D eigenvalue weighted by Crippen LogP contribution is 2.22. The largest absolute Gasteiger partial charge is 0.352 e. The van der Waals surface area contributed by atoms with Gasteiger partial charge >= 0.3 is 0 Å². The van der Waals surface area contributed by atoms with E-state index in [-0.39, 0.29) is 17.9 Å². The van der Waals surface area contributed by atoms with Crippen LogP contribution in [0.25, 0.3) is 10.8 Å². The Morgan fingerprint density at radius 3 is 2.26 bits per heavy atom. The molecule has 4 aromatic carbocycles. The molecule has 0 aromatic heterocycles. The SMILES string of the molecule is CC[C@H](C)NC(=O)[C@H](Cc1ccccc1)N(Cc1ccc(Br)cc1)C(=O)CCc1cccc2ccccc12. The van der Waals surface area contributed by atoms with Gasteiger partial charge in [-0.15, -0.1) is 0 Å². The van der Waals surface area contributed by atoms with Gasteiger partial charge in [-0.05, 0) is 59.4 Å². The van der Waals surface area contributed by atoms with Crippen molar-refractivity contribution in [2.24, 2.45) is 0 Å². The topological polar surface area (TPSA) is 49.4 Å². The standard InChI is InChI=1S/C33H35BrN2O2/c1-3-24(2)35-33(38)31(22-25-10-5-4-6-11-25)36(23-26-16-19-29(34)20-17-26)32(37)21-18-28-14-9-13-27-12-7-8-15-30(27)28/h4-17,19-20,24,31H,3,18,21-23H2,1-2H3,(H,35,38)/t24-,31-/m0/s1. The second kappa shape index (κ2) is 13.4. The zero-order valence-corrected chi connectivity index (χ0v) is 23.7. The fourth-order valence-corrected chi connectivity index (χ4v) is 4.94. The maximum atomic E-state index is 14.0. The highest BCUT2D eigenvalue weighted by molar-refractivity contribution is 9.10. The first-order valence-corrected chi connectivity index (χ1v) is 14.1. The summed E-state index contributed by atoms with van der Waals surface area (Å²) in [5, 5.41) is 5.47. The summed E-state index contributed by atoms with van der Waals surface area (Å²) >= 11 is 3.50. The molecule has 0 fully saturated rings. The van der Waals surface area contributed by atoms with Crippen LogP contribution in [0.1, 0.15) is 43.4 Å². The summed E-state index contributed by atoms with van der Waals surface area (Å²) in [5.41, 5.74) is 3.16. The number of carbonyl (C=O) groups excluding carboxylic acids is 2. The number of fused-ring (bicyclic) bond motifs is 1. The number of halogens is 1. The molecular weight excluding hydrogens is 536 g/mol. The summed E-state index contributed by atoms with van der Waals surface area (Å²) in [7, 11) is 0. The fourth-order valence-electron chi connectivity index (χ4n) is 4.68. The molecule has 0 bridgehead atoms. The Labute approximate surface area is 234 Å². The van der Waals surface area contributed by atoms with Crippen molar-refractivity contribution in [2.75, 3.05) is 0 Å². The van der Waals surface area contributed by atoms with Gasteiger partial charge in [0.25, 0.3) is 0 Å². The van der Waals surface area contributed by atoms with E-state index in [0.717, 1.165) is 33.0 Å². The number of rotatable bonds is 11. The Bertz CT molecular complexity index is 1350. The van der Waals surface area contributed by atoms with Crippen molar-refractivity contribution >= 4 is 38.5 Å². The van der Waals surface area contributed by atoms with E-state index in [4.69, 9.17) is 0 Å². The van der Waals surface area contributed by atoms with Gasteiger partial charge in [0.05, 0.1) is 0 Å². The minimum atomic E-state index is -0.616. The second-order valence-electron chi connectivity index (χ2n) is 9.81. The molecular formula is C33H35BrN2O2. The van der Waals surface area contributed by atoms with Crippen molar-refractivity contribution in [3.05, 3.63) is 118 Å². The number of amides is 2. The number of hydrogen-bond acceptors (Lipinski definition) is 2. The fraction of sp³-hybridized carbons (Fsp3) is 0.273. The average molecular weight is 572 g/mol. The van der Waals surface area contributed by atoms with Gasteiger partial charge in [-0.2, -0.15) is 0 Å². The number of hydrogen-bond donors (Lipinski definition) is 1. The highest BCUT2D eigenvalue weighted by atomic mass is 79.9. The van der Waals surface area contributed by atoms with Crippen LogP contribution in [0, 0.1) is 0 Å². The van der Waals surface area contributed by atoms with Crippen LogP contribution in [0.15, 0.2) is 102 Å². The van der Waals surface area contributed by atoms with Crippen molar-refractivity contribution in [2.45, 2.75) is 58.2 Å². The molecule has 2 atom stereocenters. The number of nitrogens with zero attached hydrogens (tertiary/aromatic N) is 1. The van der Waals surface area contributed by atoms with Crippen LogP contribution in [-0.2, 0) is 29.0 Å². The second-order valence-corrected chi connectivity index (χ2v) is 10.7. The third kappa shape index (κ3) is 7.32. The van der Waals surface area contributed by atoms with Crippen LogP contribution in [0.2, 0.25) is 0 Å². The smallest absolute Gasteiger partial charge is 0.243 e. The molecule has 4 rings (SSSR count). The molecule has 196 valence electrons. The summed E-state index contributed by atoms with van der Waals surface area (Å²) in [6, 6.07) is 31.8. The first kappa shape index (κ1) is 27.6. The normalized spacial score (nSPS) is 12.6. The molecule has 5 heteroatoms. The molecule has 0 unspecified atom stereocenters. The van der Waals surface area contributed by atoms with Crippen molar-refractivity contribution in [1.29, 1.82) is 0 Å². The van der Waals surface area contributed by atoms with Crippen LogP contribution in [-0.4, -0.2) is 28.8 Å². The van der Waals surface area contributed by atoms with Gasteiger partial charge in [0.2, 0.25) is 11.8 Å². The van der Waals surface area contributed by atoms with Crippen LogP contribution in [0.5, 0.6) is 0 Å². The van der Waals surface area contributed by atoms with Gasteiger partial charge in [0, 0.05) is 29.9 Å². The van der Waals surface area contributed by atoms with E-state index in [0.29, 0.717) is 25.8 Å². The minimum Gasteiger partial charge on any atom is -0.352 e. The van der Waals surface area contributed by atoms with E-state index in [1.165, 1.54) is 5.39 Å². The average Bonchev–Trinajstić information content (AvgIpc) is 2.95. The summed E-state index contributed by atoms with van der Waals surface area (Å²) in [6.45, 7) is 4.41. The Balaban J connectivity index is 1.64. The quantitative estimate of drug-likeness (QED) is 0.209. The van der Waals surface area contributed by atoms with E-state index in [1.807, 2.05) is 86.6 Å². The Morgan fingerprint density at radius 2 is 1.53 bits per heavy atom. The first-order valence-electron chi connectivity index (χ1n) is 13.3. The van der Waals surface area contributed by atoms with Gasteiger partial charge in [-0.1, -0.05) is 108 Å². The zero-order valence-electron chi connectivity index (χ0n) is 22.1. The predicted molar refractivity (Wildman–Crippen MR) is 159 cm³/mol. The molecule has 2 amide bonds. The Morgan fingerprint density at radius 1 is 0.842 bits per heavy atom. The molecule has 0 spiro atoms. The van der Waals surface area contributed by atoms with Crippen molar-refractivity contribution < 1.29 is 9.59 Å². The molecule has 0 saturated heterocycles. The number of benzene rings is 4. The maximum absolute atomic E-state index is 14.0. The molecule has 0 heterocycles. The van der Waals surface area contributed by atoms with Gasteiger partial charge in [0.1, 0.15) is 6.04 Å². The lowest BCUT2D eigenvalue weighted by atomic mass is 9.99. The number of nitrogens with one attached hydrogen (secondary N) is 1. The molecule has 0 saturated carbocycles. The number of aryl methyl sites for hydroxylation is 1. The van der Waals surface area contributed by atoms with Gasteiger partial charge in [0.15, 0.2) is 0 Å². The van der Waals surface area contributed by atoms with E-state index in [1.54, 1.807) is 4.90 Å². The molecule has 0 radical (unpaired) electrons. The molecule has 4 aromatic rings. The lowest BCUT2D eigenvalue weighted by Gasteiger charge is -2.32. The third-order valence-electron chi connectivity index (χ3n) is 7.03. The van der Waals surface area contributed by atoms with Crippen molar-refractivity contribution in [1.82, 2.24) is 10.2 Å². The molecule has 0 aliphatic heterocycles. The summed E-state index contributed by atoms with van der Waals surface area (Å²) < 4.78 is 0.977. The maximum Gasteiger partial charge on any atom is 0.243 e. The summed E-state index contributed by atoms with van der Waals surface area (Å²) in [6.07, 6.45) is 2.22. The van der Waals surface area contributed by atoms with Crippen LogP contribution >= 0.6 is 15.9 Å². The first-order chi connectivity index (χ1) is 18.4. The molecule has 38 heavy (non-hydrogen) atoms. The number of carbonyl (C=O) groups is 2. The lowest BCUT2D eigenvalue weighted by Crippen LogP contribution is -2.52. The van der Waals surface area contributed by atoms with Gasteiger partial charge in [-0.3, -0.25) is 9.59 Å². The predicted octanol–water partition coefficient (Wildman–Crippen LogP) is 7.09. The van der Waals surface area contributed by atoms with Gasteiger partial charge < -0.3 is 10.2 Å². The van der Waals surface area contributed by atoms with Crippen molar-refractivity contribution in [3.63, 3.8) is 0 Å². The molecule has 0 aliphatic carbocycles. The third-order valence-corrected chi connectivity index (χ3v) is 7.56. The monoisotopic (exact) mass is 570 g/mol. The Hall–Kier alpha value is -3.44. The molecule has 1 N–H and O–H groups in total. The van der Waals surface area contributed by atoms with Crippen LogP contribution in [0.4, 0.5) is 0 Å². The lowest BCUT2D eigenvalue weighted by molar-refractivity contribution is -0.141.